The van der Waals surface area contributed by atoms with Crippen molar-refractivity contribution in [2.45, 2.75) is 57.7 Å². The Balaban J connectivity index is 1.74. The van der Waals surface area contributed by atoms with Crippen LogP contribution >= 0.6 is 15.9 Å². The molecule has 0 aromatic heterocycles. The first-order valence-electron chi connectivity index (χ1n) is 13.9. The lowest BCUT2D eigenvalue weighted by Crippen LogP contribution is -2.52. The van der Waals surface area contributed by atoms with Crippen molar-refractivity contribution in [2.24, 2.45) is 0 Å². The first-order chi connectivity index (χ1) is 19.4. The van der Waals surface area contributed by atoms with E-state index in [9.17, 15) is 9.59 Å². The second-order valence-electron chi connectivity index (χ2n) is 10.3. The van der Waals surface area contributed by atoms with E-state index in [0.29, 0.717) is 13.0 Å². The molecule has 206 valence electrons. The number of rotatable bonds is 12. The summed E-state index contributed by atoms with van der Waals surface area (Å²) in [5, 5.41) is 3.16. The molecule has 4 nitrogen and oxygen atoms in total. The number of hydrogen-bond acceptors (Lipinski definition) is 2. The highest BCUT2D eigenvalue weighted by Gasteiger charge is 2.32. The minimum Gasteiger partial charge on any atom is -0.352 e. The summed E-state index contributed by atoms with van der Waals surface area (Å²) in [6.45, 7) is 4.38. The number of carbonyl (C=O) groups is 2. The maximum atomic E-state index is 14.4. The summed E-state index contributed by atoms with van der Waals surface area (Å²) >= 11 is 3.57. The number of hydrogen-bond donors (Lipinski definition) is 1. The first-order valence-corrected chi connectivity index (χ1v) is 14.7. The molecule has 0 aliphatic carbocycles. The molecule has 0 bridgehead atoms. The molecule has 0 heterocycles. The van der Waals surface area contributed by atoms with Crippen molar-refractivity contribution in [3.8, 4) is 0 Å². The third-order valence-corrected chi connectivity index (χ3v) is 7.79. The number of benzene rings is 4. The van der Waals surface area contributed by atoms with Crippen LogP contribution < -0.4 is 5.32 Å². The normalized spacial score (nSPS) is 12.5. The van der Waals surface area contributed by atoms with E-state index in [4.69, 9.17) is 0 Å². The van der Waals surface area contributed by atoms with Crippen LogP contribution in [0.3, 0.4) is 0 Å². The van der Waals surface area contributed by atoms with E-state index in [1.165, 1.54) is 0 Å². The maximum Gasteiger partial charge on any atom is 0.243 e. The molecule has 0 aliphatic heterocycles. The predicted octanol–water partition coefficient (Wildman–Crippen LogP) is 7.53. The van der Waals surface area contributed by atoms with E-state index in [1.54, 1.807) is 4.90 Å². The van der Waals surface area contributed by atoms with Gasteiger partial charge in [0.1, 0.15) is 6.04 Å². The fourth-order valence-corrected chi connectivity index (χ4v) is 5.36. The van der Waals surface area contributed by atoms with Gasteiger partial charge in [0.2, 0.25) is 11.8 Å². The summed E-state index contributed by atoms with van der Waals surface area (Å²) in [5.41, 5.74) is 4.14. The maximum absolute atomic E-state index is 14.4. The van der Waals surface area contributed by atoms with Crippen LogP contribution in [0.1, 0.15) is 54.9 Å². The van der Waals surface area contributed by atoms with Crippen molar-refractivity contribution < 1.29 is 9.59 Å². The van der Waals surface area contributed by atoms with E-state index in [1.807, 2.05) is 105 Å². The van der Waals surface area contributed by atoms with Crippen LogP contribution in [0.25, 0.3) is 0 Å². The van der Waals surface area contributed by atoms with Crippen molar-refractivity contribution in [3.05, 3.63) is 142 Å². The zero-order valence-corrected chi connectivity index (χ0v) is 24.8. The van der Waals surface area contributed by atoms with Crippen molar-refractivity contribution in [3.63, 3.8) is 0 Å². The topological polar surface area (TPSA) is 49.4 Å². The lowest BCUT2D eigenvalue weighted by atomic mass is 9.87. The molecule has 0 spiro atoms. The standard InChI is InChI=1S/C35H37BrN2O2/c1-3-26(2)37-35(40)33(23-27-14-7-4-8-15-27)38(25-28-16-13-21-31(36)22-28)34(39)24-32(29-17-9-5-10-18-29)30-19-11-6-12-20-30/h4-22,26,32-33H,3,23-25H2,1-2H3,(H,37,40)/t26-,33-/m1/s1. The highest BCUT2D eigenvalue weighted by atomic mass is 79.9. The van der Waals surface area contributed by atoms with Crippen molar-refractivity contribution in [2.75, 3.05) is 0 Å². The monoisotopic (exact) mass is 596 g/mol. The molecule has 0 fully saturated rings. The molecule has 0 unspecified atom stereocenters. The number of nitrogens with one attached hydrogen (secondary N) is 1. The van der Waals surface area contributed by atoms with Crippen LogP contribution in [0.4, 0.5) is 0 Å². The van der Waals surface area contributed by atoms with Crippen LogP contribution in [-0.2, 0) is 22.6 Å². The number of nitrogens with zero attached hydrogens (tertiary/aromatic N) is 1. The van der Waals surface area contributed by atoms with Gasteiger partial charge in [-0.05, 0) is 47.7 Å². The van der Waals surface area contributed by atoms with E-state index >= 15 is 0 Å². The van der Waals surface area contributed by atoms with Crippen LogP contribution in [-0.4, -0.2) is 28.8 Å². The Hall–Kier alpha value is -3.70. The second kappa shape index (κ2) is 14.6. The van der Waals surface area contributed by atoms with Crippen molar-refractivity contribution in [1.29, 1.82) is 0 Å². The molecule has 2 amide bonds. The van der Waals surface area contributed by atoms with Gasteiger partial charge >= 0.3 is 0 Å². The molecule has 5 heteroatoms. The Morgan fingerprint density at radius 1 is 0.775 bits per heavy atom. The zero-order valence-electron chi connectivity index (χ0n) is 23.2. The quantitative estimate of drug-likeness (QED) is 0.184. The molecule has 4 aromatic carbocycles. The molecule has 0 radical (unpaired) electrons. The summed E-state index contributed by atoms with van der Waals surface area (Å²) in [6.07, 6.45) is 1.50. The average molecular weight is 598 g/mol. The number of halogens is 1. The SMILES string of the molecule is CC[C@@H](C)NC(=O)[C@@H](Cc1ccccc1)N(Cc1cccc(Br)c1)C(=O)CC(c1ccccc1)c1ccccc1. The van der Waals surface area contributed by atoms with Gasteiger partial charge in [-0.1, -0.05) is 126 Å². The third kappa shape index (κ3) is 8.15. The molecule has 4 aromatic rings. The van der Waals surface area contributed by atoms with Crippen LogP contribution in [0.15, 0.2) is 120 Å². The molecule has 0 saturated carbocycles. The van der Waals surface area contributed by atoms with Gasteiger partial charge in [0.15, 0.2) is 0 Å². The van der Waals surface area contributed by atoms with Gasteiger partial charge in [-0.2, -0.15) is 0 Å². The molecular formula is C35H37BrN2O2. The second-order valence-corrected chi connectivity index (χ2v) is 11.2. The van der Waals surface area contributed by atoms with Gasteiger partial charge in [-0.25, -0.2) is 0 Å². The van der Waals surface area contributed by atoms with Crippen molar-refractivity contribution >= 4 is 27.7 Å². The highest BCUT2D eigenvalue weighted by Crippen LogP contribution is 2.30. The largest absolute Gasteiger partial charge is 0.352 e. The minimum absolute atomic E-state index is 0.00924. The smallest absolute Gasteiger partial charge is 0.243 e. The molecule has 1 N–H and O–H groups in total. The molecule has 0 aliphatic rings. The molecule has 2 atom stereocenters. The predicted molar refractivity (Wildman–Crippen MR) is 166 cm³/mol. The molecule has 40 heavy (non-hydrogen) atoms. The van der Waals surface area contributed by atoms with Gasteiger partial charge in [0.05, 0.1) is 0 Å². The third-order valence-electron chi connectivity index (χ3n) is 7.30. The molecular weight excluding hydrogens is 560 g/mol. The molecule has 4 rings (SSSR count). The Kier molecular flexibility index (Phi) is 10.7. The highest BCUT2D eigenvalue weighted by molar-refractivity contribution is 9.10. The Bertz CT molecular complexity index is 1320. The summed E-state index contributed by atoms with van der Waals surface area (Å²) < 4.78 is 0.938. The summed E-state index contributed by atoms with van der Waals surface area (Å²) in [5.74, 6) is -0.314. The van der Waals surface area contributed by atoms with Crippen LogP contribution in [0.2, 0.25) is 0 Å². The van der Waals surface area contributed by atoms with Gasteiger partial charge in [0, 0.05) is 35.8 Å². The average Bonchev–Trinajstić information content (AvgIpc) is 2.99. The van der Waals surface area contributed by atoms with Gasteiger partial charge in [0.25, 0.3) is 0 Å². The van der Waals surface area contributed by atoms with E-state index in [0.717, 1.165) is 33.1 Å². The minimum atomic E-state index is -0.657. The van der Waals surface area contributed by atoms with Crippen LogP contribution in [0, 0.1) is 0 Å². The van der Waals surface area contributed by atoms with Crippen LogP contribution in [0.5, 0.6) is 0 Å². The summed E-state index contributed by atoms with van der Waals surface area (Å²) in [7, 11) is 0. The van der Waals surface area contributed by atoms with Crippen molar-refractivity contribution in [1.82, 2.24) is 10.2 Å². The van der Waals surface area contributed by atoms with E-state index in [2.05, 4.69) is 45.5 Å². The fourth-order valence-electron chi connectivity index (χ4n) is 4.92. The Labute approximate surface area is 246 Å². The summed E-state index contributed by atoms with van der Waals surface area (Å²) in [4.78, 5) is 30.0. The van der Waals surface area contributed by atoms with Gasteiger partial charge < -0.3 is 10.2 Å². The zero-order chi connectivity index (χ0) is 28.3. The number of carbonyl (C=O) groups excluding carboxylic acids is 2. The first kappa shape index (κ1) is 29.3. The Morgan fingerprint density at radius 2 is 1.32 bits per heavy atom. The lowest BCUT2D eigenvalue weighted by Gasteiger charge is -2.33. The fraction of sp³-hybridized carbons (Fsp3) is 0.257. The summed E-state index contributed by atoms with van der Waals surface area (Å²) in [6, 6.07) is 37.5. The van der Waals surface area contributed by atoms with E-state index in [-0.39, 0.29) is 30.2 Å². The van der Waals surface area contributed by atoms with Gasteiger partial charge in [-0.3, -0.25) is 9.59 Å². The van der Waals surface area contributed by atoms with Gasteiger partial charge in [-0.15, -0.1) is 0 Å². The lowest BCUT2D eigenvalue weighted by molar-refractivity contribution is -0.141. The molecule has 0 saturated heterocycles. The number of amides is 2. The van der Waals surface area contributed by atoms with E-state index < -0.39 is 6.04 Å². The Morgan fingerprint density at radius 3 is 1.88 bits per heavy atom.